The number of hydrogen-bond acceptors (Lipinski definition) is 8. The predicted octanol–water partition coefficient (Wildman–Crippen LogP) is 11.9. The summed E-state index contributed by atoms with van der Waals surface area (Å²) in [6.07, 6.45) is 41.4. The zero-order valence-electron chi connectivity index (χ0n) is 39.5. The average Bonchev–Trinajstić information content (AvgIpc) is 3.25. The van der Waals surface area contributed by atoms with Crippen LogP contribution in [0.15, 0.2) is 0 Å². The Bertz CT molecular complexity index is 908. The fourth-order valence-electron chi connectivity index (χ4n) is 8.75. The molecule has 1 saturated heterocycles. The van der Waals surface area contributed by atoms with Crippen molar-refractivity contribution in [3.63, 3.8) is 0 Å². The van der Waals surface area contributed by atoms with E-state index in [2.05, 4.69) is 19.2 Å². The molecule has 7 unspecified atom stereocenters. The van der Waals surface area contributed by atoms with Gasteiger partial charge in [0.1, 0.15) is 24.4 Å². The first-order chi connectivity index (χ1) is 29.3. The second-order valence-electron chi connectivity index (χ2n) is 18.7. The molecule has 7 atom stereocenters. The molecule has 1 rings (SSSR count). The molecule has 9 nitrogen and oxygen atoms in total. The molecule has 0 aromatic rings. The summed E-state index contributed by atoms with van der Waals surface area (Å²) in [6.45, 7) is 3.85. The minimum atomic E-state index is -1.55. The maximum absolute atomic E-state index is 13.0. The Kier molecular flexibility index (Phi) is 40.2. The van der Waals surface area contributed by atoms with Crippen molar-refractivity contribution in [3.05, 3.63) is 0 Å². The molecule has 0 spiro atoms. The minimum Gasteiger partial charge on any atom is -0.394 e. The lowest BCUT2D eigenvalue weighted by Crippen LogP contribution is -2.60. The van der Waals surface area contributed by atoms with Gasteiger partial charge in [0.15, 0.2) is 6.29 Å². The Balaban J connectivity index is 2.15. The lowest BCUT2D eigenvalue weighted by atomic mass is 9.99. The van der Waals surface area contributed by atoms with E-state index in [1.54, 1.807) is 0 Å². The molecule has 6 N–H and O–H groups in total. The smallest absolute Gasteiger partial charge is 0.220 e. The number of ether oxygens (including phenoxy) is 2. The van der Waals surface area contributed by atoms with E-state index in [1.807, 2.05) is 0 Å². The molecular formula is C51H101NO8. The number of hydrogen-bond donors (Lipinski definition) is 6. The Morgan fingerprint density at radius 1 is 0.500 bits per heavy atom. The lowest BCUT2D eigenvalue weighted by molar-refractivity contribution is -0.302. The van der Waals surface area contributed by atoms with Crippen molar-refractivity contribution in [1.29, 1.82) is 0 Å². The van der Waals surface area contributed by atoms with Crippen LogP contribution in [0, 0.1) is 0 Å². The highest BCUT2D eigenvalue weighted by atomic mass is 16.7. The molecular weight excluding hydrogens is 755 g/mol. The van der Waals surface area contributed by atoms with Crippen LogP contribution in [0.3, 0.4) is 0 Å². The third-order valence-electron chi connectivity index (χ3n) is 13.0. The summed E-state index contributed by atoms with van der Waals surface area (Å²) in [5, 5.41) is 54.4. The van der Waals surface area contributed by atoms with Gasteiger partial charge in [-0.3, -0.25) is 4.79 Å². The van der Waals surface area contributed by atoms with Gasteiger partial charge in [-0.2, -0.15) is 0 Å². The van der Waals surface area contributed by atoms with Gasteiger partial charge in [0.05, 0.1) is 25.4 Å². The van der Waals surface area contributed by atoms with Gasteiger partial charge in [0.2, 0.25) is 5.91 Å². The van der Waals surface area contributed by atoms with Crippen LogP contribution in [0.2, 0.25) is 0 Å². The summed E-state index contributed by atoms with van der Waals surface area (Å²) >= 11 is 0. The van der Waals surface area contributed by atoms with Gasteiger partial charge < -0.3 is 40.3 Å². The van der Waals surface area contributed by atoms with Crippen molar-refractivity contribution in [2.75, 3.05) is 13.2 Å². The number of rotatable bonds is 45. The standard InChI is InChI=1S/C51H101NO8/c1-3-5-7-9-11-13-15-16-17-18-19-20-21-22-23-24-25-26-27-28-29-31-33-35-37-39-41-47(55)52-44(43-59-51-50(58)49(57)48(56)46(42-53)60-51)45(54)40-38-36-34-32-30-14-12-10-8-6-4-2/h44-46,48-51,53-54,56-58H,3-43H2,1-2H3,(H,52,55). The fourth-order valence-corrected chi connectivity index (χ4v) is 8.75. The minimum absolute atomic E-state index is 0.132. The Morgan fingerprint density at radius 3 is 1.18 bits per heavy atom. The van der Waals surface area contributed by atoms with E-state index in [0.717, 1.165) is 38.5 Å². The molecule has 0 aliphatic carbocycles. The quantitative estimate of drug-likeness (QED) is 0.0332. The Labute approximate surface area is 370 Å². The summed E-state index contributed by atoms with van der Waals surface area (Å²) in [5.74, 6) is -0.139. The van der Waals surface area contributed by atoms with Crippen molar-refractivity contribution in [3.8, 4) is 0 Å². The Morgan fingerprint density at radius 2 is 0.833 bits per heavy atom. The van der Waals surface area contributed by atoms with Gasteiger partial charge in [-0.15, -0.1) is 0 Å². The number of unbranched alkanes of at least 4 members (excludes halogenated alkanes) is 35. The van der Waals surface area contributed by atoms with Crippen LogP contribution in [0.1, 0.15) is 264 Å². The van der Waals surface area contributed by atoms with E-state index in [4.69, 9.17) is 9.47 Å². The van der Waals surface area contributed by atoms with E-state index in [-0.39, 0.29) is 12.5 Å². The first-order valence-corrected chi connectivity index (χ1v) is 26.2. The van der Waals surface area contributed by atoms with E-state index in [0.29, 0.717) is 12.8 Å². The summed E-state index contributed by atoms with van der Waals surface area (Å²) in [4.78, 5) is 13.0. The fraction of sp³-hybridized carbons (Fsp3) is 0.980. The molecule has 1 aliphatic heterocycles. The summed E-state index contributed by atoms with van der Waals surface area (Å²) in [7, 11) is 0. The molecule has 0 bridgehead atoms. The number of nitrogens with one attached hydrogen (secondary N) is 1. The number of aliphatic hydroxyl groups excluding tert-OH is 5. The van der Waals surface area contributed by atoms with E-state index < -0.39 is 49.5 Å². The van der Waals surface area contributed by atoms with Crippen molar-refractivity contribution in [1.82, 2.24) is 5.32 Å². The van der Waals surface area contributed by atoms with E-state index >= 15 is 0 Å². The second-order valence-corrected chi connectivity index (χ2v) is 18.7. The SMILES string of the molecule is CCCCCCCCCCCCCCCCCCCCCCCCCCCCC(=O)NC(COC1OC(CO)C(O)C(O)C1O)C(O)CCCCCCCCCCCCC. The van der Waals surface area contributed by atoms with Crippen LogP contribution in [0.5, 0.6) is 0 Å². The number of amides is 1. The third-order valence-corrected chi connectivity index (χ3v) is 13.0. The molecule has 60 heavy (non-hydrogen) atoms. The summed E-state index contributed by atoms with van der Waals surface area (Å²) in [5.41, 5.74) is 0. The molecule has 9 heteroatoms. The molecule has 358 valence electrons. The zero-order chi connectivity index (χ0) is 43.7. The normalized spacial score (nSPS) is 20.4. The number of carbonyl (C=O) groups excluding carboxylic acids is 1. The van der Waals surface area contributed by atoms with Crippen LogP contribution < -0.4 is 5.32 Å². The summed E-state index contributed by atoms with van der Waals surface area (Å²) < 4.78 is 11.3. The zero-order valence-corrected chi connectivity index (χ0v) is 39.5. The molecule has 1 heterocycles. The molecule has 0 aromatic carbocycles. The van der Waals surface area contributed by atoms with Crippen LogP contribution in [0.25, 0.3) is 0 Å². The van der Waals surface area contributed by atoms with Gasteiger partial charge in [0.25, 0.3) is 0 Å². The maximum atomic E-state index is 13.0. The van der Waals surface area contributed by atoms with Crippen molar-refractivity contribution < 1.29 is 39.8 Å². The Hall–Kier alpha value is -0.810. The molecule has 0 radical (unpaired) electrons. The van der Waals surface area contributed by atoms with Crippen LogP contribution in [-0.2, 0) is 14.3 Å². The maximum Gasteiger partial charge on any atom is 0.220 e. The lowest BCUT2D eigenvalue weighted by Gasteiger charge is -2.40. The predicted molar refractivity (Wildman–Crippen MR) is 249 cm³/mol. The number of aliphatic hydroxyl groups is 5. The van der Waals surface area contributed by atoms with Gasteiger partial charge >= 0.3 is 0 Å². The second kappa shape index (κ2) is 42.2. The molecule has 0 aromatic heterocycles. The molecule has 0 saturated carbocycles. The van der Waals surface area contributed by atoms with Gasteiger partial charge in [-0.05, 0) is 12.8 Å². The van der Waals surface area contributed by atoms with Crippen molar-refractivity contribution in [2.24, 2.45) is 0 Å². The third kappa shape index (κ3) is 31.9. The van der Waals surface area contributed by atoms with Crippen LogP contribution in [0.4, 0.5) is 0 Å². The highest BCUT2D eigenvalue weighted by molar-refractivity contribution is 5.76. The highest BCUT2D eigenvalue weighted by Gasteiger charge is 2.44. The highest BCUT2D eigenvalue weighted by Crippen LogP contribution is 2.23. The van der Waals surface area contributed by atoms with Gasteiger partial charge in [-0.25, -0.2) is 0 Å². The monoisotopic (exact) mass is 856 g/mol. The molecule has 1 aliphatic rings. The largest absolute Gasteiger partial charge is 0.394 e. The van der Waals surface area contributed by atoms with Crippen LogP contribution >= 0.6 is 0 Å². The van der Waals surface area contributed by atoms with E-state index in [1.165, 1.54) is 199 Å². The first kappa shape index (κ1) is 57.2. The molecule has 1 fully saturated rings. The summed E-state index contributed by atoms with van der Waals surface area (Å²) in [6, 6.07) is -0.711. The van der Waals surface area contributed by atoms with Crippen LogP contribution in [-0.4, -0.2) is 87.5 Å². The number of carbonyl (C=O) groups is 1. The van der Waals surface area contributed by atoms with Gasteiger partial charge in [0, 0.05) is 6.42 Å². The van der Waals surface area contributed by atoms with Crippen molar-refractivity contribution >= 4 is 5.91 Å². The first-order valence-electron chi connectivity index (χ1n) is 26.2. The molecule has 1 amide bonds. The van der Waals surface area contributed by atoms with E-state index in [9.17, 15) is 30.3 Å². The van der Waals surface area contributed by atoms with Gasteiger partial charge in [-0.1, -0.05) is 245 Å². The topological polar surface area (TPSA) is 149 Å². The van der Waals surface area contributed by atoms with Crippen molar-refractivity contribution in [2.45, 2.75) is 307 Å². The average molecular weight is 856 g/mol.